The zero-order valence-electron chi connectivity index (χ0n) is 10.5. The van der Waals surface area contributed by atoms with Crippen molar-refractivity contribution in [2.24, 2.45) is 5.92 Å². The van der Waals surface area contributed by atoms with Crippen molar-refractivity contribution in [3.63, 3.8) is 0 Å². The molecule has 0 saturated carbocycles. The average Bonchev–Trinajstić information content (AvgIpc) is 2.37. The Morgan fingerprint density at radius 1 is 1.35 bits per heavy atom. The molecule has 0 aromatic heterocycles. The van der Waals surface area contributed by atoms with Gasteiger partial charge in [0.1, 0.15) is 0 Å². The van der Waals surface area contributed by atoms with E-state index in [2.05, 4.69) is 35.0 Å². The van der Waals surface area contributed by atoms with E-state index in [0.29, 0.717) is 6.54 Å². The number of alkyl halides is 1. The van der Waals surface area contributed by atoms with E-state index in [-0.39, 0.29) is 11.8 Å². The van der Waals surface area contributed by atoms with Gasteiger partial charge in [0.2, 0.25) is 5.91 Å². The van der Waals surface area contributed by atoms with Crippen LogP contribution in [0.15, 0.2) is 30.3 Å². The van der Waals surface area contributed by atoms with E-state index in [4.69, 9.17) is 0 Å². The second-order valence-corrected chi connectivity index (χ2v) is 5.04. The summed E-state index contributed by atoms with van der Waals surface area (Å²) in [6.45, 7) is 5.51. The van der Waals surface area contributed by atoms with Crippen LogP contribution in [0.25, 0.3) is 0 Å². The number of amides is 1. The summed E-state index contributed by atoms with van der Waals surface area (Å²) in [5.74, 6) is 0.355. The quantitative estimate of drug-likeness (QED) is 0.737. The highest BCUT2D eigenvalue weighted by Gasteiger charge is 2.18. The van der Waals surface area contributed by atoms with Crippen LogP contribution < -0.4 is 0 Å². The Bertz CT molecular complexity index is 339. The predicted octanol–water partition coefficient (Wildman–Crippen LogP) is 3.46. The summed E-state index contributed by atoms with van der Waals surface area (Å²) in [5, 5.41) is 0.821. The molecular formula is C14H20BrNO. The van der Waals surface area contributed by atoms with E-state index >= 15 is 0 Å². The molecule has 94 valence electrons. The lowest BCUT2D eigenvalue weighted by molar-refractivity contribution is -0.135. The highest BCUT2D eigenvalue weighted by Crippen LogP contribution is 2.11. The minimum absolute atomic E-state index is 0.109. The molecule has 1 aromatic carbocycles. The molecular weight excluding hydrogens is 278 g/mol. The third-order valence-corrected chi connectivity index (χ3v) is 3.27. The topological polar surface area (TPSA) is 20.3 Å². The SMILES string of the molecule is CCC(C)C(=O)N(CCBr)Cc1ccccc1. The zero-order valence-corrected chi connectivity index (χ0v) is 12.1. The molecule has 17 heavy (non-hydrogen) atoms. The standard InChI is InChI=1S/C14H20BrNO/c1-3-12(2)14(17)16(10-9-15)11-13-7-5-4-6-8-13/h4-8,12H,3,9-11H2,1-2H3. The number of rotatable bonds is 6. The fourth-order valence-corrected chi connectivity index (χ4v) is 2.09. The van der Waals surface area contributed by atoms with E-state index < -0.39 is 0 Å². The first-order valence-electron chi connectivity index (χ1n) is 6.07. The van der Waals surface area contributed by atoms with Crippen LogP contribution in [-0.2, 0) is 11.3 Å². The van der Waals surface area contributed by atoms with Gasteiger partial charge >= 0.3 is 0 Å². The Balaban J connectivity index is 2.69. The third kappa shape index (κ3) is 4.50. The first-order chi connectivity index (χ1) is 8.19. The fourth-order valence-electron chi connectivity index (χ4n) is 1.66. The van der Waals surface area contributed by atoms with Gasteiger partial charge in [-0.15, -0.1) is 0 Å². The van der Waals surface area contributed by atoms with Gasteiger partial charge in [-0.2, -0.15) is 0 Å². The number of halogens is 1. The van der Waals surface area contributed by atoms with Gasteiger partial charge < -0.3 is 4.90 Å². The molecule has 0 spiro atoms. The van der Waals surface area contributed by atoms with Crippen LogP contribution in [0, 0.1) is 5.92 Å². The summed E-state index contributed by atoms with van der Waals surface area (Å²) in [7, 11) is 0. The molecule has 3 heteroatoms. The monoisotopic (exact) mass is 297 g/mol. The van der Waals surface area contributed by atoms with Crippen molar-refractivity contribution in [1.29, 1.82) is 0 Å². The molecule has 1 amide bonds. The first kappa shape index (κ1) is 14.2. The summed E-state index contributed by atoms with van der Waals surface area (Å²) < 4.78 is 0. The second-order valence-electron chi connectivity index (χ2n) is 4.24. The highest BCUT2D eigenvalue weighted by molar-refractivity contribution is 9.09. The van der Waals surface area contributed by atoms with Crippen molar-refractivity contribution < 1.29 is 4.79 Å². The van der Waals surface area contributed by atoms with Crippen molar-refractivity contribution in [2.45, 2.75) is 26.8 Å². The molecule has 0 heterocycles. The number of benzene rings is 1. The molecule has 1 atom stereocenters. The lowest BCUT2D eigenvalue weighted by atomic mass is 10.1. The summed E-state index contributed by atoms with van der Waals surface area (Å²) in [6, 6.07) is 10.1. The maximum atomic E-state index is 12.2. The molecule has 2 nitrogen and oxygen atoms in total. The molecule has 1 rings (SSSR count). The summed E-state index contributed by atoms with van der Waals surface area (Å²) in [5.41, 5.74) is 1.19. The Morgan fingerprint density at radius 3 is 2.53 bits per heavy atom. The van der Waals surface area contributed by atoms with Crippen LogP contribution in [0.5, 0.6) is 0 Å². The molecule has 0 fully saturated rings. The third-order valence-electron chi connectivity index (χ3n) is 2.92. The summed E-state index contributed by atoms with van der Waals surface area (Å²) in [4.78, 5) is 14.1. The minimum atomic E-state index is 0.109. The molecule has 0 aliphatic heterocycles. The smallest absolute Gasteiger partial charge is 0.225 e. The lowest BCUT2D eigenvalue weighted by Crippen LogP contribution is -2.35. The Hall–Kier alpha value is -0.830. The molecule has 0 aliphatic rings. The summed E-state index contributed by atoms with van der Waals surface area (Å²) >= 11 is 3.41. The van der Waals surface area contributed by atoms with Crippen molar-refractivity contribution in [3.8, 4) is 0 Å². The Labute approximate surface area is 112 Å². The molecule has 0 bridgehead atoms. The van der Waals surface area contributed by atoms with E-state index in [0.717, 1.165) is 18.3 Å². The number of carbonyl (C=O) groups excluding carboxylic acids is 1. The van der Waals surface area contributed by atoms with E-state index in [1.165, 1.54) is 5.56 Å². The van der Waals surface area contributed by atoms with E-state index in [9.17, 15) is 4.79 Å². The second kappa shape index (κ2) is 7.49. The van der Waals surface area contributed by atoms with Gasteiger partial charge in [-0.3, -0.25) is 4.79 Å². The van der Waals surface area contributed by atoms with Crippen molar-refractivity contribution in [3.05, 3.63) is 35.9 Å². The van der Waals surface area contributed by atoms with Gasteiger partial charge in [-0.05, 0) is 12.0 Å². The fraction of sp³-hybridized carbons (Fsp3) is 0.500. The van der Waals surface area contributed by atoms with Crippen molar-refractivity contribution in [2.75, 3.05) is 11.9 Å². The maximum Gasteiger partial charge on any atom is 0.225 e. The Kier molecular flexibility index (Phi) is 6.27. The van der Waals surface area contributed by atoms with Crippen LogP contribution in [0.2, 0.25) is 0 Å². The van der Waals surface area contributed by atoms with Crippen molar-refractivity contribution in [1.82, 2.24) is 4.90 Å². The van der Waals surface area contributed by atoms with Crippen LogP contribution in [0.4, 0.5) is 0 Å². The molecule has 0 aliphatic carbocycles. The molecule has 1 unspecified atom stereocenters. The van der Waals surface area contributed by atoms with Crippen LogP contribution in [0.1, 0.15) is 25.8 Å². The Morgan fingerprint density at radius 2 is 2.00 bits per heavy atom. The van der Waals surface area contributed by atoms with Gasteiger partial charge in [0, 0.05) is 24.3 Å². The maximum absolute atomic E-state index is 12.2. The normalized spacial score (nSPS) is 12.2. The van der Waals surface area contributed by atoms with Gasteiger partial charge in [0.25, 0.3) is 0 Å². The van der Waals surface area contributed by atoms with E-state index in [1.807, 2.05) is 30.0 Å². The predicted molar refractivity (Wildman–Crippen MR) is 75.1 cm³/mol. The van der Waals surface area contributed by atoms with Crippen molar-refractivity contribution >= 4 is 21.8 Å². The van der Waals surface area contributed by atoms with Gasteiger partial charge in [0.15, 0.2) is 0 Å². The van der Waals surface area contributed by atoms with Crippen LogP contribution in [-0.4, -0.2) is 22.7 Å². The summed E-state index contributed by atoms with van der Waals surface area (Å²) in [6.07, 6.45) is 0.895. The van der Waals surface area contributed by atoms with Gasteiger partial charge in [-0.25, -0.2) is 0 Å². The lowest BCUT2D eigenvalue weighted by Gasteiger charge is -2.24. The number of nitrogens with zero attached hydrogens (tertiary/aromatic N) is 1. The number of hydrogen-bond donors (Lipinski definition) is 0. The molecule has 0 N–H and O–H groups in total. The molecule has 0 radical (unpaired) electrons. The van der Waals surface area contributed by atoms with Crippen LogP contribution in [0.3, 0.4) is 0 Å². The number of carbonyl (C=O) groups is 1. The van der Waals surface area contributed by atoms with Crippen LogP contribution >= 0.6 is 15.9 Å². The van der Waals surface area contributed by atoms with Gasteiger partial charge in [-0.1, -0.05) is 60.1 Å². The zero-order chi connectivity index (χ0) is 12.7. The average molecular weight is 298 g/mol. The highest BCUT2D eigenvalue weighted by atomic mass is 79.9. The van der Waals surface area contributed by atoms with E-state index in [1.54, 1.807) is 0 Å². The molecule has 0 saturated heterocycles. The molecule has 1 aromatic rings. The number of hydrogen-bond acceptors (Lipinski definition) is 1. The largest absolute Gasteiger partial charge is 0.337 e. The first-order valence-corrected chi connectivity index (χ1v) is 7.19. The van der Waals surface area contributed by atoms with Gasteiger partial charge in [0.05, 0.1) is 0 Å². The minimum Gasteiger partial charge on any atom is -0.337 e.